The molecule has 3 aromatic carbocycles. The van der Waals surface area contributed by atoms with Crippen LogP contribution in [0.5, 0.6) is 23.3 Å². The Labute approximate surface area is 394 Å². The van der Waals surface area contributed by atoms with Gasteiger partial charge in [-0.15, -0.1) is 5.10 Å². The number of likely N-dealkylation sites (tertiary alicyclic amines) is 1. The molecule has 19 nitrogen and oxygen atoms in total. The van der Waals surface area contributed by atoms with E-state index in [0.717, 1.165) is 59.3 Å². The van der Waals surface area contributed by atoms with E-state index in [1.54, 1.807) is 48.4 Å². The van der Waals surface area contributed by atoms with E-state index in [0.29, 0.717) is 59.3 Å². The molecule has 1 saturated heterocycles. The number of aryl methyl sites for hydroxylation is 2. The number of rotatable bonds is 11. The van der Waals surface area contributed by atoms with E-state index in [4.69, 9.17) is 19.0 Å². The van der Waals surface area contributed by atoms with Crippen LogP contribution in [0.2, 0.25) is 0 Å². The number of carbonyl (C=O) groups is 2. The number of phosphoric acid groups is 1. The molecule has 358 valence electrons. The Kier molecular flexibility index (Phi) is 11.4. The zero-order valence-corrected chi connectivity index (χ0v) is 39.1. The summed E-state index contributed by atoms with van der Waals surface area (Å²) >= 11 is 0. The molecule has 1 amide bonds. The fourth-order valence-electron chi connectivity index (χ4n) is 10.1. The number of phosphoric ester groups is 1. The molecule has 0 bridgehead atoms. The predicted octanol–water partition coefficient (Wildman–Crippen LogP) is 7.15. The van der Waals surface area contributed by atoms with E-state index in [9.17, 15) is 44.1 Å². The van der Waals surface area contributed by atoms with Crippen LogP contribution in [0.3, 0.4) is 0 Å². The standard InChI is InChI=1S/C49H50N7O12P/c1-5-31-33-20-30(8-9-38(33)50-43-35(31)24-55-40(43)22-37-36(45(55)58)25-66-46(59)49(37,62)6-2)67-48(61)54-16-12-27(13-17-54)11-15-53-18-14-28-19-29(7-10-39(28)53)56-44(51-52-47(56)60)34-21-32(26(3)4)42(23-41(34)57)68-69(63,64)65/h7-10,14,18-23,26-27,57,62H,5-6,11-13,15-17,24-25H2,1-4H3,(H,52,60)(H2,63,64,65). The first-order chi connectivity index (χ1) is 33.0. The topological polar surface area (TPSA) is 254 Å². The first-order valence-electron chi connectivity index (χ1n) is 22.9. The van der Waals surface area contributed by atoms with E-state index in [2.05, 4.69) is 14.8 Å². The normalized spacial score (nSPS) is 17.0. The minimum Gasteiger partial charge on any atom is -0.507 e. The highest BCUT2D eigenvalue weighted by Crippen LogP contribution is 2.46. The molecular formula is C49H50N7O12P. The number of fused-ring (bicyclic) bond motifs is 6. The number of hydrogen-bond donors (Lipinski definition) is 5. The van der Waals surface area contributed by atoms with Gasteiger partial charge in [0.25, 0.3) is 5.56 Å². The van der Waals surface area contributed by atoms with Gasteiger partial charge in [0, 0.05) is 59.3 Å². The quantitative estimate of drug-likeness (QED) is 0.0637. The second-order valence-electron chi connectivity index (χ2n) is 18.2. The van der Waals surface area contributed by atoms with Gasteiger partial charge in [-0.1, -0.05) is 32.8 Å². The van der Waals surface area contributed by atoms with Crippen molar-refractivity contribution in [2.24, 2.45) is 5.92 Å². The average Bonchev–Trinajstić information content (AvgIpc) is 4.03. The van der Waals surface area contributed by atoms with Gasteiger partial charge < -0.3 is 43.4 Å². The summed E-state index contributed by atoms with van der Waals surface area (Å²) in [6, 6.07) is 16.8. The Bertz CT molecular complexity index is 3370. The molecule has 3 aliphatic heterocycles. The van der Waals surface area contributed by atoms with Gasteiger partial charge >= 0.3 is 25.9 Å². The minimum absolute atomic E-state index is 0.0548. The Balaban J connectivity index is 0.793. The van der Waals surface area contributed by atoms with Crippen molar-refractivity contribution in [2.75, 3.05) is 13.1 Å². The smallest absolute Gasteiger partial charge is 0.507 e. The summed E-state index contributed by atoms with van der Waals surface area (Å²) < 4.78 is 32.8. The predicted molar refractivity (Wildman–Crippen MR) is 251 cm³/mol. The average molecular weight is 960 g/mol. The van der Waals surface area contributed by atoms with E-state index < -0.39 is 31.5 Å². The van der Waals surface area contributed by atoms with E-state index >= 15 is 0 Å². The molecule has 0 saturated carbocycles. The van der Waals surface area contributed by atoms with Crippen molar-refractivity contribution in [3.63, 3.8) is 0 Å². The van der Waals surface area contributed by atoms with Gasteiger partial charge in [-0.2, -0.15) is 0 Å². The van der Waals surface area contributed by atoms with Crippen molar-refractivity contribution < 1.29 is 53.3 Å². The molecule has 4 aromatic heterocycles. The molecule has 3 aliphatic rings. The largest absolute Gasteiger partial charge is 0.524 e. The Morgan fingerprint density at radius 1 is 0.986 bits per heavy atom. The third-order valence-electron chi connectivity index (χ3n) is 13.9. The number of aromatic hydroxyl groups is 2. The summed E-state index contributed by atoms with van der Waals surface area (Å²) in [6.07, 6.45) is 4.74. The number of aromatic nitrogens is 6. The summed E-state index contributed by atoms with van der Waals surface area (Å²) in [4.78, 5) is 65.5. The zero-order valence-electron chi connectivity index (χ0n) is 38.2. The van der Waals surface area contributed by atoms with Gasteiger partial charge in [0.2, 0.25) is 0 Å². The number of ether oxygens (including phenoxy) is 2. The summed E-state index contributed by atoms with van der Waals surface area (Å²) in [5.41, 5.74) is 4.01. The van der Waals surface area contributed by atoms with Crippen LogP contribution in [0.15, 0.2) is 71.7 Å². The van der Waals surface area contributed by atoms with Gasteiger partial charge in [0.15, 0.2) is 11.4 Å². The molecule has 1 atom stereocenters. The molecule has 7 heterocycles. The van der Waals surface area contributed by atoms with Crippen LogP contribution in [0, 0.1) is 5.92 Å². The minimum atomic E-state index is -4.91. The van der Waals surface area contributed by atoms with Gasteiger partial charge in [0.1, 0.15) is 23.9 Å². The molecular weight excluding hydrogens is 910 g/mol. The zero-order chi connectivity index (χ0) is 48.7. The third kappa shape index (κ3) is 7.98. The maximum absolute atomic E-state index is 13.8. The van der Waals surface area contributed by atoms with Crippen LogP contribution in [0.1, 0.15) is 87.1 Å². The molecule has 7 aromatic rings. The molecule has 1 fully saturated rings. The van der Waals surface area contributed by atoms with Crippen molar-refractivity contribution in [3.05, 3.63) is 105 Å². The monoisotopic (exact) mass is 959 g/mol. The number of amides is 1. The molecule has 5 N–H and O–H groups in total. The lowest BCUT2D eigenvalue weighted by molar-refractivity contribution is -0.172. The molecule has 69 heavy (non-hydrogen) atoms. The number of cyclic esters (lactones) is 1. The summed E-state index contributed by atoms with van der Waals surface area (Å²) in [6.45, 7) is 9.19. The SMILES string of the molecule is CCc1c2c(nc3ccc(OC(=O)N4CCC(CCn5ccc6cc(-n7c(O)nnc7-c7cc(C(C)C)c(OP(=O)(O)O)cc7O)ccc65)CC4)cc13)-c1cc3c(c(=O)n1C2)COC(=O)C3(O)CC. The van der Waals surface area contributed by atoms with Crippen LogP contribution in [-0.2, 0) is 45.8 Å². The van der Waals surface area contributed by atoms with Crippen LogP contribution >= 0.6 is 7.82 Å². The van der Waals surface area contributed by atoms with Crippen molar-refractivity contribution >= 4 is 41.7 Å². The highest BCUT2D eigenvalue weighted by atomic mass is 31.2. The first-order valence-corrected chi connectivity index (χ1v) is 24.4. The number of nitrogens with zero attached hydrogens (tertiary/aromatic N) is 7. The van der Waals surface area contributed by atoms with Crippen LogP contribution in [-0.4, -0.2) is 84.0 Å². The maximum Gasteiger partial charge on any atom is 0.524 e. The van der Waals surface area contributed by atoms with Crippen LogP contribution in [0.4, 0.5) is 4.79 Å². The number of pyridine rings is 2. The Morgan fingerprint density at radius 2 is 1.77 bits per heavy atom. The molecule has 1 unspecified atom stereocenters. The number of hydrogen-bond acceptors (Lipinski definition) is 13. The van der Waals surface area contributed by atoms with Crippen molar-refractivity contribution in [3.8, 4) is 51.7 Å². The summed E-state index contributed by atoms with van der Waals surface area (Å²) in [7, 11) is -4.91. The molecule has 0 radical (unpaired) electrons. The van der Waals surface area contributed by atoms with Gasteiger partial charge in [-0.3, -0.25) is 14.6 Å². The fraction of sp³-hybridized carbons (Fsp3) is 0.347. The number of carbonyl (C=O) groups excluding carboxylic acids is 2. The van der Waals surface area contributed by atoms with Crippen LogP contribution < -0.4 is 14.8 Å². The van der Waals surface area contributed by atoms with E-state index in [1.165, 1.54) is 10.6 Å². The highest BCUT2D eigenvalue weighted by Gasteiger charge is 2.45. The van der Waals surface area contributed by atoms with Gasteiger partial charge in [0.05, 0.1) is 40.3 Å². The number of esters is 1. The van der Waals surface area contributed by atoms with Crippen molar-refractivity contribution in [1.82, 2.24) is 33.8 Å². The number of phenolic OH excluding ortho intramolecular Hbond substituents is 1. The lowest BCUT2D eigenvalue weighted by Crippen LogP contribution is -2.44. The van der Waals surface area contributed by atoms with E-state index in [-0.39, 0.29) is 65.1 Å². The molecule has 0 aliphatic carbocycles. The third-order valence-corrected chi connectivity index (χ3v) is 14.3. The molecule has 10 rings (SSSR count). The fourth-order valence-corrected chi connectivity index (χ4v) is 10.5. The van der Waals surface area contributed by atoms with E-state index in [1.807, 2.05) is 43.5 Å². The lowest BCUT2D eigenvalue weighted by Gasteiger charge is -2.31. The van der Waals surface area contributed by atoms with Crippen molar-refractivity contribution in [1.29, 1.82) is 0 Å². The highest BCUT2D eigenvalue weighted by molar-refractivity contribution is 7.46. The Hall–Kier alpha value is -7.05. The summed E-state index contributed by atoms with van der Waals surface area (Å²) in [5.74, 6) is -0.694. The number of benzene rings is 3. The molecule has 0 spiro atoms. The number of piperidine rings is 1. The van der Waals surface area contributed by atoms with Crippen LogP contribution in [0.25, 0.3) is 50.3 Å². The summed E-state index contributed by atoms with van der Waals surface area (Å²) in [5, 5.41) is 42.8. The molecule has 20 heteroatoms. The van der Waals surface area contributed by atoms with Crippen molar-refractivity contribution in [2.45, 2.75) is 91.0 Å². The number of phenols is 1. The second kappa shape index (κ2) is 17.2. The van der Waals surface area contributed by atoms with Gasteiger partial charge in [-0.05, 0) is 110 Å². The Morgan fingerprint density at radius 3 is 2.49 bits per heavy atom. The maximum atomic E-state index is 13.8. The number of aliphatic hydroxyl groups is 1. The first kappa shape index (κ1) is 45.7. The second-order valence-corrected chi connectivity index (χ2v) is 19.4. The lowest BCUT2D eigenvalue weighted by atomic mass is 9.86. The van der Waals surface area contributed by atoms with Gasteiger partial charge in [-0.25, -0.2) is 23.7 Å².